The molecule has 3 aromatic carbocycles. The summed E-state index contributed by atoms with van der Waals surface area (Å²) in [6.07, 6.45) is 1.48. The Morgan fingerprint density at radius 2 is 1.33 bits per heavy atom. The molecule has 0 saturated carbocycles. The van der Waals surface area contributed by atoms with E-state index in [1.807, 2.05) is 81.4 Å². The van der Waals surface area contributed by atoms with E-state index in [1.165, 1.54) is 0 Å². The summed E-state index contributed by atoms with van der Waals surface area (Å²) in [5.41, 5.74) is 2.73. The first-order chi connectivity index (χ1) is 17.3. The van der Waals surface area contributed by atoms with E-state index in [2.05, 4.69) is 5.32 Å². The zero-order valence-electron chi connectivity index (χ0n) is 21.1. The Morgan fingerprint density at radius 3 is 1.81 bits per heavy atom. The molecule has 2 amide bonds. The minimum Gasteiger partial charge on any atom is -0.352 e. The van der Waals surface area contributed by atoms with Gasteiger partial charge in [0.25, 0.3) is 0 Å². The summed E-state index contributed by atoms with van der Waals surface area (Å²) >= 11 is 13.0. The fourth-order valence-corrected chi connectivity index (χ4v) is 4.82. The Bertz CT molecular complexity index is 1080. The van der Waals surface area contributed by atoms with Crippen LogP contribution in [0.2, 0.25) is 10.0 Å². The van der Waals surface area contributed by atoms with Crippen molar-refractivity contribution in [2.75, 3.05) is 0 Å². The molecule has 0 aromatic heterocycles. The van der Waals surface area contributed by atoms with E-state index < -0.39 is 6.04 Å². The zero-order valence-corrected chi connectivity index (χ0v) is 22.6. The monoisotopic (exact) mass is 524 g/mol. The van der Waals surface area contributed by atoms with Crippen LogP contribution in [0.25, 0.3) is 0 Å². The first kappa shape index (κ1) is 27.8. The lowest BCUT2D eigenvalue weighted by atomic mass is 9.88. The first-order valence-corrected chi connectivity index (χ1v) is 13.2. The van der Waals surface area contributed by atoms with E-state index in [-0.39, 0.29) is 36.7 Å². The Balaban J connectivity index is 2.00. The van der Waals surface area contributed by atoms with Crippen molar-refractivity contribution in [3.63, 3.8) is 0 Å². The zero-order chi connectivity index (χ0) is 26.1. The molecular weight excluding hydrogens is 491 g/mol. The van der Waals surface area contributed by atoms with E-state index in [0.29, 0.717) is 22.0 Å². The topological polar surface area (TPSA) is 49.4 Å². The third kappa shape index (κ3) is 7.11. The Hall–Kier alpha value is -2.82. The number of nitrogens with one attached hydrogen (secondary N) is 1. The van der Waals surface area contributed by atoms with Gasteiger partial charge in [-0.2, -0.15) is 0 Å². The second kappa shape index (κ2) is 13.5. The molecule has 190 valence electrons. The molecule has 0 aliphatic carbocycles. The lowest BCUT2D eigenvalue weighted by Crippen LogP contribution is -2.51. The van der Waals surface area contributed by atoms with Gasteiger partial charge >= 0.3 is 0 Å². The van der Waals surface area contributed by atoms with Crippen LogP contribution in [0.15, 0.2) is 78.9 Å². The number of hydrogen-bond acceptors (Lipinski definition) is 2. The minimum atomic E-state index is -0.647. The maximum absolute atomic E-state index is 14.0. The normalized spacial score (nSPS) is 12.7. The molecule has 0 spiro atoms. The molecule has 2 atom stereocenters. The van der Waals surface area contributed by atoms with Crippen LogP contribution in [-0.2, 0) is 16.1 Å². The van der Waals surface area contributed by atoms with Crippen LogP contribution in [0.3, 0.4) is 0 Å². The molecule has 3 rings (SSSR count). The fourth-order valence-electron chi connectivity index (χ4n) is 4.31. The number of rotatable bonds is 11. The Labute approximate surface area is 224 Å². The third-order valence-corrected chi connectivity index (χ3v) is 7.27. The summed E-state index contributed by atoms with van der Waals surface area (Å²) in [6.45, 7) is 6.05. The largest absolute Gasteiger partial charge is 0.352 e. The van der Waals surface area contributed by atoms with Crippen molar-refractivity contribution < 1.29 is 9.59 Å². The molecule has 36 heavy (non-hydrogen) atoms. The summed E-state index contributed by atoms with van der Waals surface area (Å²) in [5.74, 6) is -0.451. The molecule has 0 unspecified atom stereocenters. The predicted molar refractivity (Wildman–Crippen MR) is 148 cm³/mol. The average molecular weight is 526 g/mol. The number of hydrogen-bond donors (Lipinski definition) is 1. The maximum Gasteiger partial charge on any atom is 0.243 e. The van der Waals surface area contributed by atoms with Gasteiger partial charge in [0.2, 0.25) is 11.8 Å². The lowest BCUT2D eigenvalue weighted by molar-refractivity contribution is -0.141. The van der Waals surface area contributed by atoms with Crippen molar-refractivity contribution >= 4 is 35.0 Å². The molecule has 6 heteroatoms. The van der Waals surface area contributed by atoms with Crippen molar-refractivity contribution in [1.82, 2.24) is 10.2 Å². The summed E-state index contributed by atoms with van der Waals surface area (Å²) < 4.78 is 0. The van der Waals surface area contributed by atoms with Gasteiger partial charge in [-0.3, -0.25) is 9.59 Å². The number of carbonyl (C=O) groups is 2. The molecule has 0 aliphatic rings. The van der Waals surface area contributed by atoms with Crippen molar-refractivity contribution in [3.8, 4) is 0 Å². The van der Waals surface area contributed by atoms with Crippen LogP contribution in [0.5, 0.6) is 0 Å². The predicted octanol–water partition coefficient (Wildman–Crippen LogP) is 7.24. The smallest absolute Gasteiger partial charge is 0.243 e. The molecule has 0 aliphatic heterocycles. The molecule has 0 heterocycles. The SMILES string of the molecule is CC[C@H](C)NC(=O)[C@H](CC)N(Cc1c(Cl)cccc1Cl)C(=O)CC(c1ccccc1)c1ccccc1. The number of amides is 2. The van der Waals surface area contributed by atoms with Gasteiger partial charge in [0.15, 0.2) is 0 Å². The van der Waals surface area contributed by atoms with E-state index >= 15 is 0 Å². The van der Waals surface area contributed by atoms with Gasteiger partial charge in [0.1, 0.15) is 6.04 Å². The summed E-state index contributed by atoms with van der Waals surface area (Å²) in [6, 6.07) is 24.6. The van der Waals surface area contributed by atoms with Crippen LogP contribution < -0.4 is 5.32 Å². The standard InChI is InChI=1S/C30H34Cl2N2O2/c1-4-21(3)33-30(36)28(5-2)34(20-25-26(31)17-12-18-27(25)32)29(35)19-24(22-13-8-6-9-14-22)23-15-10-7-11-16-23/h6-18,21,24,28H,4-5,19-20H2,1-3H3,(H,33,36)/t21-,28-/m0/s1. The quantitative estimate of drug-likeness (QED) is 0.287. The molecule has 1 N–H and O–H groups in total. The molecule has 0 radical (unpaired) electrons. The van der Waals surface area contributed by atoms with E-state index in [0.717, 1.165) is 17.5 Å². The maximum atomic E-state index is 14.0. The number of halogens is 2. The first-order valence-electron chi connectivity index (χ1n) is 12.5. The highest BCUT2D eigenvalue weighted by Crippen LogP contribution is 2.31. The van der Waals surface area contributed by atoms with Gasteiger partial charge in [-0.15, -0.1) is 0 Å². The lowest BCUT2D eigenvalue weighted by Gasteiger charge is -2.33. The van der Waals surface area contributed by atoms with Gasteiger partial charge in [-0.25, -0.2) is 0 Å². The molecule has 4 nitrogen and oxygen atoms in total. The number of benzene rings is 3. The number of carbonyl (C=O) groups excluding carboxylic acids is 2. The molecule has 3 aromatic rings. The van der Waals surface area contributed by atoms with Crippen molar-refractivity contribution in [3.05, 3.63) is 106 Å². The average Bonchev–Trinajstić information content (AvgIpc) is 2.89. The fraction of sp³-hybridized carbons (Fsp3) is 0.333. The van der Waals surface area contributed by atoms with Crippen LogP contribution in [0, 0.1) is 0 Å². The van der Waals surface area contributed by atoms with Gasteiger partial charge in [-0.1, -0.05) is 104 Å². The van der Waals surface area contributed by atoms with Crippen molar-refractivity contribution in [2.45, 2.75) is 64.6 Å². The van der Waals surface area contributed by atoms with Crippen LogP contribution in [0.1, 0.15) is 62.6 Å². The molecule has 0 fully saturated rings. The number of nitrogens with zero attached hydrogens (tertiary/aromatic N) is 1. The van der Waals surface area contributed by atoms with Crippen molar-refractivity contribution in [1.29, 1.82) is 0 Å². The Kier molecular flexibility index (Phi) is 10.4. The van der Waals surface area contributed by atoms with Crippen LogP contribution >= 0.6 is 23.2 Å². The van der Waals surface area contributed by atoms with Gasteiger partial charge in [0.05, 0.1) is 0 Å². The molecule has 0 bridgehead atoms. The van der Waals surface area contributed by atoms with E-state index in [1.54, 1.807) is 23.1 Å². The Morgan fingerprint density at radius 1 is 0.806 bits per heavy atom. The second-order valence-corrected chi connectivity index (χ2v) is 9.86. The molecule has 0 saturated heterocycles. The highest BCUT2D eigenvalue weighted by atomic mass is 35.5. The highest BCUT2D eigenvalue weighted by molar-refractivity contribution is 6.36. The van der Waals surface area contributed by atoms with Gasteiger partial charge in [0, 0.05) is 40.5 Å². The van der Waals surface area contributed by atoms with E-state index in [4.69, 9.17) is 23.2 Å². The summed E-state index contributed by atoms with van der Waals surface area (Å²) in [7, 11) is 0. The van der Waals surface area contributed by atoms with Crippen molar-refractivity contribution in [2.24, 2.45) is 0 Å². The highest BCUT2D eigenvalue weighted by Gasteiger charge is 2.32. The van der Waals surface area contributed by atoms with Crippen LogP contribution in [0.4, 0.5) is 0 Å². The minimum absolute atomic E-state index is 0.00814. The van der Waals surface area contributed by atoms with E-state index in [9.17, 15) is 9.59 Å². The van der Waals surface area contributed by atoms with Gasteiger partial charge in [-0.05, 0) is 43.0 Å². The second-order valence-electron chi connectivity index (χ2n) is 9.04. The summed E-state index contributed by atoms with van der Waals surface area (Å²) in [4.78, 5) is 29.0. The third-order valence-electron chi connectivity index (χ3n) is 6.56. The van der Waals surface area contributed by atoms with Gasteiger partial charge < -0.3 is 10.2 Å². The summed E-state index contributed by atoms with van der Waals surface area (Å²) in [5, 5.41) is 3.99. The molecular formula is C30H34Cl2N2O2. The van der Waals surface area contributed by atoms with Crippen LogP contribution in [-0.4, -0.2) is 28.8 Å².